The second kappa shape index (κ2) is 3.97. The summed E-state index contributed by atoms with van der Waals surface area (Å²) < 4.78 is 0.995. The van der Waals surface area contributed by atoms with E-state index >= 15 is 0 Å². The summed E-state index contributed by atoms with van der Waals surface area (Å²) in [5, 5.41) is 9.16. The minimum Gasteiger partial charge on any atom is -0.481 e. The van der Waals surface area contributed by atoms with Gasteiger partial charge in [-0.2, -0.15) is 0 Å². The smallest absolute Gasteiger partial charge is 0.313 e. The van der Waals surface area contributed by atoms with Gasteiger partial charge in [0.05, 0.1) is 5.41 Å². The maximum Gasteiger partial charge on any atom is 0.313 e. The molecule has 15 heavy (non-hydrogen) atoms. The first kappa shape index (κ1) is 12.2. The minimum atomic E-state index is -0.847. The average molecular weight is 271 g/mol. The van der Waals surface area contributed by atoms with Gasteiger partial charge in [0.2, 0.25) is 0 Å². The molecule has 1 rings (SSSR count). The summed E-state index contributed by atoms with van der Waals surface area (Å²) in [7, 11) is 0. The molecular weight excluding hydrogens is 256 g/mol. The lowest BCUT2D eigenvalue weighted by Crippen LogP contribution is -2.29. The van der Waals surface area contributed by atoms with E-state index in [9.17, 15) is 4.79 Å². The normalized spacial score (nSPS) is 11.5. The molecule has 0 aromatic heterocycles. The van der Waals surface area contributed by atoms with Gasteiger partial charge in [-0.05, 0) is 44.4 Å². The fraction of sp³-hybridized carbons (Fsp3) is 0.417. The molecule has 2 nitrogen and oxygen atoms in total. The summed E-state index contributed by atoms with van der Waals surface area (Å²) in [5.41, 5.74) is 2.13. The van der Waals surface area contributed by atoms with Crippen LogP contribution < -0.4 is 0 Å². The fourth-order valence-corrected chi connectivity index (χ4v) is 1.96. The molecule has 1 aromatic rings. The van der Waals surface area contributed by atoms with Gasteiger partial charge in [-0.15, -0.1) is 0 Å². The monoisotopic (exact) mass is 270 g/mol. The molecule has 0 saturated heterocycles. The van der Waals surface area contributed by atoms with Crippen LogP contribution >= 0.6 is 15.9 Å². The molecule has 0 heterocycles. The van der Waals surface area contributed by atoms with Crippen LogP contribution in [0.25, 0.3) is 0 Å². The molecule has 0 saturated carbocycles. The van der Waals surface area contributed by atoms with E-state index in [1.807, 2.05) is 26.0 Å². The van der Waals surface area contributed by atoms with Crippen molar-refractivity contribution in [3.8, 4) is 0 Å². The molecule has 0 fully saturated rings. The third kappa shape index (κ3) is 2.07. The van der Waals surface area contributed by atoms with E-state index in [1.54, 1.807) is 13.8 Å². The molecule has 82 valence electrons. The van der Waals surface area contributed by atoms with E-state index in [2.05, 4.69) is 15.9 Å². The van der Waals surface area contributed by atoms with E-state index in [4.69, 9.17) is 5.11 Å². The van der Waals surface area contributed by atoms with Gasteiger partial charge in [0, 0.05) is 4.47 Å². The van der Waals surface area contributed by atoms with Crippen LogP contribution in [0.3, 0.4) is 0 Å². The number of halogens is 1. The summed E-state index contributed by atoms with van der Waals surface area (Å²) in [6, 6.07) is 3.83. The zero-order chi connectivity index (χ0) is 11.8. The van der Waals surface area contributed by atoms with E-state index in [0.29, 0.717) is 0 Å². The minimum absolute atomic E-state index is 0.804. The van der Waals surface area contributed by atoms with Gasteiger partial charge < -0.3 is 5.11 Å². The SMILES string of the molecule is Cc1ccc(C(C)(C)C(=O)O)c(C)c1Br. The summed E-state index contributed by atoms with van der Waals surface area (Å²) in [6.45, 7) is 7.38. The largest absolute Gasteiger partial charge is 0.481 e. The number of aliphatic carboxylic acids is 1. The van der Waals surface area contributed by atoms with Gasteiger partial charge in [0.1, 0.15) is 0 Å². The zero-order valence-corrected chi connectivity index (χ0v) is 11.0. The summed E-state index contributed by atoms with van der Waals surface area (Å²) >= 11 is 3.48. The van der Waals surface area contributed by atoms with Crippen LogP contribution in [0.15, 0.2) is 16.6 Å². The Bertz CT molecular complexity index is 408. The molecule has 0 amide bonds. The molecule has 0 unspecified atom stereocenters. The average Bonchev–Trinajstić information content (AvgIpc) is 2.13. The van der Waals surface area contributed by atoms with E-state index in [1.165, 1.54) is 0 Å². The highest BCUT2D eigenvalue weighted by molar-refractivity contribution is 9.10. The van der Waals surface area contributed by atoms with Crippen molar-refractivity contribution in [1.82, 2.24) is 0 Å². The maximum absolute atomic E-state index is 11.2. The highest BCUT2D eigenvalue weighted by Gasteiger charge is 2.31. The Kier molecular flexibility index (Phi) is 3.24. The number of aryl methyl sites for hydroxylation is 1. The Morgan fingerprint density at radius 3 is 2.33 bits per heavy atom. The lowest BCUT2D eigenvalue weighted by molar-refractivity contribution is -0.142. The van der Waals surface area contributed by atoms with Crippen molar-refractivity contribution in [2.45, 2.75) is 33.1 Å². The lowest BCUT2D eigenvalue weighted by atomic mass is 9.82. The molecule has 1 aromatic carbocycles. The Morgan fingerprint density at radius 1 is 1.33 bits per heavy atom. The Hall–Kier alpha value is -0.830. The molecule has 1 N–H and O–H groups in total. The summed E-state index contributed by atoms with van der Waals surface area (Å²) in [5.74, 6) is -0.804. The second-order valence-electron chi connectivity index (χ2n) is 4.30. The van der Waals surface area contributed by atoms with Crippen LogP contribution in [-0.2, 0) is 10.2 Å². The van der Waals surface area contributed by atoms with Crippen LogP contribution in [0.1, 0.15) is 30.5 Å². The van der Waals surface area contributed by atoms with Crippen LogP contribution in [0, 0.1) is 13.8 Å². The van der Waals surface area contributed by atoms with Crippen molar-refractivity contribution >= 4 is 21.9 Å². The van der Waals surface area contributed by atoms with Crippen LogP contribution in [0.4, 0.5) is 0 Å². The van der Waals surface area contributed by atoms with Crippen molar-refractivity contribution in [1.29, 1.82) is 0 Å². The number of carboxylic acid groups (broad SMARTS) is 1. The molecular formula is C12H15BrO2. The van der Waals surface area contributed by atoms with Crippen LogP contribution in [0.2, 0.25) is 0 Å². The van der Waals surface area contributed by atoms with Crippen molar-refractivity contribution in [3.63, 3.8) is 0 Å². The molecule has 0 aliphatic carbocycles. The zero-order valence-electron chi connectivity index (χ0n) is 9.39. The predicted molar refractivity (Wildman–Crippen MR) is 64.3 cm³/mol. The molecule has 0 atom stereocenters. The molecule has 3 heteroatoms. The topological polar surface area (TPSA) is 37.3 Å². The van der Waals surface area contributed by atoms with Crippen molar-refractivity contribution < 1.29 is 9.90 Å². The van der Waals surface area contributed by atoms with Crippen LogP contribution in [-0.4, -0.2) is 11.1 Å². The number of carboxylic acids is 1. The van der Waals surface area contributed by atoms with E-state index in [0.717, 1.165) is 21.2 Å². The first-order valence-corrected chi connectivity index (χ1v) is 5.57. The first-order chi connectivity index (χ1) is 6.78. The van der Waals surface area contributed by atoms with Gasteiger partial charge in [-0.3, -0.25) is 4.79 Å². The van der Waals surface area contributed by atoms with Crippen molar-refractivity contribution in [2.24, 2.45) is 0 Å². The fourth-order valence-electron chi connectivity index (χ4n) is 1.61. The second-order valence-corrected chi connectivity index (χ2v) is 5.09. The Labute approximate surface area is 98.4 Å². The molecule has 0 bridgehead atoms. The quantitative estimate of drug-likeness (QED) is 0.894. The van der Waals surface area contributed by atoms with Gasteiger partial charge in [0.25, 0.3) is 0 Å². The predicted octanol–water partition coefficient (Wildman–Crippen LogP) is 3.43. The number of hydrogen-bond acceptors (Lipinski definition) is 1. The number of rotatable bonds is 2. The van der Waals surface area contributed by atoms with Gasteiger partial charge >= 0.3 is 5.97 Å². The lowest BCUT2D eigenvalue weighted by Gasteiger charge is -2.23. The number of hydrogen-bond donors (Lipinski definition) is 1. The number of carbonyl (C=O) groups is 1. The summed E-state index contributed by atoms with van der Waals surface area (Å²) in [6.07, 6.45) is 0. The van der Waals surface area contributed by atoms with E-state index in [-0.39, 0.29) is 0 Å². The van der Waals surface area contributed by atoms with E-state index < -0.39 is 11.4 Å². The van der Waals surface area contributed by atoms with Gasteiger partial charge in [-0.1, -0.05) is 28.1 Å². The Morgan fingerprint density at radius 2 is 1.87 bits per heavy atom. The standard InChI is InChI=1S/C12H15BrO2/c1-7-5-6-9(8(2)10(7)13)12(3,4)11(14)15/h5-6H,1-4H3,(H,14,15). The van der Waals surface area contributed by atoms with Gasteiger partial charge in [-0.25, -0.2) is 0 Å². The third-order valence-electron chi connectivity index (χ3n) is 2.79. The van der Waals surface area contributed by atoms with Gasteiger partial charge in [0.15, 0.2) is 0 Å². The molecule has 0 spiro atoms. The Balaban J connectivity index is 3.40. The number of benzene rings is 1. The maximum atomic E-state index is 11.2. The molecule has 0 radical (unpaired) electrons. The first-order valence-electron chi connectivity index (χ1n) is 4.78. The van der Waals surface area contributed by atoms with Crippen molar-refractivity contribution in [2.75, 3.05) is 0 Å². The third-order valence-corrected chi connectivity index (χ3v) is 4.01. The highest BCUT2D eigenvalue weighted by atomic mass is 79.9. The summed E-state index contributed by atoms with van der Waals surface area (Å²) in [4.78, 5) is 11.2. The molecule has 0 aliphatic rings. The van der Waals surface area contributed by atoms with Crippen molar-refractivity contribution in [3.05, 3.63) is 33.3 Å². The molecule has 0 aliphatic heterocycles. The highest BCUT2D eigenvalue weighted by Crippen LogP contribution is 2.32. The van der Waals surface area contributed by atoms with Crippen LogP contribution in [0.5, 0.6) is 0 Å².